The molecule has 0 saturated heterocycles. The third-order valence-corrected chi connectivity index (χ3v) is 6.24. The minimum Gasteiger partial charge on any atom is -0.497 e. The fourth-order valence-electron chi connectivity index (χ4n) is 3.56. The highest BCUT2D eigenvalue weighted by atomic mass is 32.1. The van der Waals surface area contributed by atoms with Crippen LogP contribution in [0.3, 0.4) is 0 Å². The third kappa shape index (κ3) is 5.04. The van der Waals surface area contributed by atoms with Crippen LogP contribution < -0.4 is 10.1 Å². The highest BCUT2D eigenvalue weighted by Gasteiger charge is 2.14. The molecule has 2 aromatic heterocycles. The normalized spacial score (nSPS) is 11.3. The molecule has 1 amide bonds. The Bertz CT molecular complexity index is 1160. The fourth-order valence-corrected chi connectivity index (χ4v) is 4.49. The number of benzene rings is 1. The number of aryl methyl sites for hydroxylation is 3. The SMILES string of the molecule is COc1ccc(-n2c(C)cc(C=C(C#N)C(=O)NCCc3sc(C)nc3C)c2C)cc1. The summed E-state index contributed by atoms with van der Waals surface area (Å²) in [4.78, 5) is 18.1. The molecule has 31 heavy (non-hydrogen) atoms. The number of ether oxygens (including phenoxy) is 1. The zero-order valence-electron chi connectivity index (χ0n) is 18.4. The summed E-state index contributed by atoms with van der Waals surface area (Å²) in [5.41, 5.74) is 4.90. The maximum absolute atomic E-state index is 12.6. The second-order valence-electron chi connectivity index (χ2n) is 7.28. The summed E-state index contributed by atoms with van der Waals surface area (Å²) in [6.07, 6.45) is 2.35. The Hall–Kier alpha value is -3.37. The van der Waals surface area contributed by atoms with E-state index in [9.17, 15) is 10.1 Å². The van der Waals surface area contributed by atoms with Gasteiger partial charge < -0.3 is 14.6 Å². The molecule has 3 rings (SSSR count). The molecule has 0 radical (unpaired) electrons. The van der Waals surface area contributed by atoms with Crippen LogP contribution in [-0.4, -0.2) is 29.1 Å². The number of hydrogen-bond acceptors (Lipinski definition) is 5. The molecule has 6 nitrogen and oxygen atoms in total. The second-order valence-corrected chi connectivity index (χ2v) is 8.56. The van der Waals surface area contributed by atoms with Crippen LogP contribution in [0.25, 0.3) is 11.8 Å². The molecule has 7 heteroatoms. The van der Waals surface area contributed by atoms with Crippen molar-refractivity contribution in [2.24, 2.45) is 0 Å². The summed E-state index contributed by atoms with van der Waals surface area (Å²) in [5, 5.41) is 13.4. The average molecular weight is 435 g/mol. The molecular weight excluding hydrogens is 408 g/mol. The molecule has 0 unspecified atom stereocenters. The quantitative estimate of drug-likeness (QED) is 0.440. The summed E-state index contributed by atoms with van der Waals surface area (Å²) in [6, 6.07) is 11.8. The first-order chi connectivity index (χ1) is 14.8. The molecular formula is C24H26N4O2S. The first-order valence-electron chi connectivity index (χ1n) is 10.00. The second kappa shape index (κ2) is 9.63. The van der Waals surface area contributed by atoms with E-state index in [0.717, 1.165) is 44.0 Å². The van der Waals surface area contributed by atoms with Gasteiger partial charge in [-0.25, -0.2) is 4.98 Å². The third-order valence-electron chi connectivity index (χ3n) is 5.10. The lowest BCUT2D eigenvalue weighted by Gasteiger charge is -2.10. The van der Waals surface area contributed by atoms with Crippen molar-refractivity contribution in [1.82, 2.24) is 14.9 Å². The number of nitrogens with zero attached hydrogens (tertiary/aromatic N) is 3. The van der Waals surface area contributed by atoms with Crippen molar-refractivity contribution in [2.45, 2.75) is 34.1 Å². The monoisotopic (exact) mass is 434 g/mol. The molecule has 3 aromatic rings. The molecule has 0 atom stereocenters. The maximum Gasteiger partial charge on any atom is 0.261 e. The number of carbonyl (C=O) groups excluding carboxylic acids is 1. The van der Waals surface area contributed by atoms with Gasteiger partial charge in [0.15, 0.2) is 0 Å². The molecule has 0 saturated carbocycles. The van der Waals surface area contributed by atoms with Crippen molar-refractivity contribution in [2.75, 3.05) is 13.7 Å². The van der Waals surface area contributed by atoms with E-state index in [1.54, 1.807) is 24.5 Å². The van der Waals surface area contributed by atoms with Crippen molar-refractivity contribution in [3.8, 4) is 17.5 Å². The Balaban J connectivity index is 1.76. The van der Waals surface area contributed by atoms with Crippen molar-refractivity contribution >= 4 is 23.3 Å². The molecule has 0 bridgehead atoms. The molecule has 160 valence electrons. The van der Waals surface area contributed by atoms with Crippen LogP contribution in [0, 0.1) is 39.0 Å². The topological polar surface area (TPSA) is 79.9 Å². The Morgan fingerprint density at radius 1 is 1.26 bits per heavy atom. The van der Waals surface area contributed by atoms with Gasteiger partial charge in [0.05, 0.1) is 17.8 Å². The van der Waals surface area contributed by atoms with Gasteiger partial charge in [0.25, 0.3) is 5.91 Å². The summed E-state index contributed by atoms with van der Waals surface area (Å²) < 4.78 is 7.32. The fraction of sp³-hybridized carbons (Fsp3) is 0.292. The summed E-state index contributed by atoms with van der Waals surface area (Å²) in [7, 11) is 1.64. The van der Waals surface area contributed by atoms with Crippen LogP contribution in [0.5, 0.6) is 5.75 Å². The van der Waals surface area contributed by atoms with Gasteiger partial charge in [0.1, 0.15) is 17.4 Å². The molecule has 1 aromatic carbocycles. The van der Waals surface area contributed by atoms with E-state index in [1.807, 2.05) is 64.1 Å². The first-order valence-corrected chi connectivity index (χ1v) is 10.8. The number of hydrogen-bond donors (Lipinski definition) is 1. The predicted molar refractivity (Wildman–Crippen MR) is 124 cm³/mol. The molecule has 1 N–H and O–H groups in total. The van der Waals surface area contributed by atoms with E-state index in [2.05, 4.69) is 14.9 Å². The predicted octanol–water partition coefficient (Wildman–Crippen LogP) is 4.44. The van der Waals surface area contributed by atoms with Gasteiger partial charge in [-0.05, 0) is 69.7 Å². The number of aromatic nitrogens is 2. The van der Waals surface area contributed by atoms with Gasteiger partial charge in [0.2, 0.25) is 0 Å². The summed E-state index contributed by atoms with van der Waals surface area (Å²) in [6.45, 7) is 8.38. The van der Waals surface area contributed by atoms with E-state index < -0.39 is 0 Å². The average Bonchev–Trinajstić information content (AvgIpc) is 3.22. The van der Waals surface area contributed by atoms with E-state index in [0.29, 0.717) is 13.0 Å². The number of amides is 1. The number of nitrogens with one attached hydrogen (secondary N) is 1. The van der Waals surface area contributed by atoms with Crippen molar-refractivity contribution in [3.05, 3.63) is 68.4 Å². The zero-order valence-corrected chi connectivity index (χ0v) is 19.3. The molecule has 0 aliphatic heterocycles. The summed E-state index contributed by atoms with van der Waals surface area (Å²) in [5.74, 6) is 0.425. The van der Waals surface area contributed by atoms with Crippen LogP contribution in [0.15, 0.2) is 35.9 Å². The number of carbonyl (C=O) groups is 1. The van der Waals surface area contributed by atoms with Gasteiger partial charge in [-0.15, -0.1) is 11.3 Å². The van der Waals surface area contributed by atoms with E-state index in [4.69, 9.17) is 4.74 Å². The van der Waals surface area contributed by atoms with E-state index in [1.165, 1.54) is 0 Å². The van der Waals surface area contributed by atoms with Gasteiger partial charge in [-0.1, -0.05) is 0 Å². The van der Waals surface area contributed by atoms with Crippen LogP contribution >= 0.6 is 11.3 Å². The number of rotatable bonds is 7. The Morgan fingerprint density at radius 2 is 1.97 bits per heavy atom. The standard InChI is InChI=1S/C24H26N4O2S/c1-15-12-19(17(3)28(15)21-6-8-22(30-5)9-7-21)13-20(14-25)24(29)26-11-10-23-16(2)27-18(4)31-23/h6-9,12-13H,10-11H2,1-5H3,(H,26,29). The highest BCUT2D eigenvalue weighted by molar-refractivity contribution is 7.11. The minimum absolute atomic E-state index is 0.0900. The lowest BCUT2D eigenvalue weighted by Crippen LogP contribution is -2.26. The van der Waals surface area contributed by atoms with Gasteiger partial charge in [-0.3, -0.25) is 4.79 Å². The van der Waals surface area contributed by atoms with Gasteiger partial charge in [-0.2, -0.15) is 5.26 Å². The van der Waals surface area contributed by atoms with Crippen LogP contribution in [-0.2, 0) is 11.2 Å². The number of nitriles is 1. The Morgan fingerprint density at radius 3 is 2.55 bits per heavy atom. The lowest BCUT2D eigenvalue weighted by atomic mass is 10.1. The minimum atomic E-state index is -0.365. The Labute approximate surface area is 186 Å². The zero-order chi connectivity index (χ0) is 22.5. The molecule has 0 aliphatic rings. The van der Waals surface area contributed by atoms with Crippen LogP contribution in [0.2, 0.25) is 0 Å². The highest BCUT2D eigenvalue weighted by Crippen LogP contribution is 2.24. The summed E-state index contributed by atoms with van der Waals surface area (Å²) >= 11 is 1.64. The lowest BCUT2D eigenvalue weighted by molar-refractivity contribution is -0.117. The molecule has 0 aliphatic carbocycles. The van der Waals surface area contributed by atoms with E-state index in [-0.39, 0.29) is 11.5 Å². The number of thiazole rings is 1. The Kier molecular flexibility index (Phi) is 6.93. The van der Waals surface area contributed by atoms with E-state index >= 15 is 0 Å². The van der Waals surface area contributed by atoms with Crippen molar-refractivity contribution in [1.29, 1.82) is 5.26 Å². The smallest absolute Gasteiger partial charge is 0.261 e. The van der Waals surface area contributed by atoms with Crippen LogP contribution in [0.4, 0.5) is 0 Å². The number of methoxy groups -OCH3 is 1. The van der Waals surface area contributed by atoms with Crippen molar-refractivity contribution < 1.29 is 9.53 Å². The van der Waals surface area contributed by atoms with Crippen LogP contribution in [0.1, 0.15) is 32.5 Å². The first kappa shape index (κ1) is 22.3. The molecule has 0 fully saturated rings. The molecule has 2 heterocycles. The van der Waals surface area contributed by atoms with Crippen molar-refractivity contribution in [3.63, 3.8) is 0 Å². The molecule has 0 spiro atoms. The van der Waals surface area contributed by atoms with Gasteiger partial charge in [0, 0.05) is 34.9 Å². The maximum atomic E-state index is 12.6. The van der Waals surface area contributed by atoms with Gasteiger partial charge >= 0.3 is 0 Å². The largest absolute Gasteiger partial charge is 0.497 e.